The minimum atomic E-state index is -5.00. The number of esters is 4. The molecule has 0 saturated heterocycles. The summed E-state index contributed by atoms with van der Waals surface area (Å²) in [6.07, 6.45) is 83.0. The van der Waals surface area contributed by atoms with Gasteiger partial charge in [-0.05, 0) is 154 Å². The molecule has 0 amide bonds. The molecule has 0 aromatic heterocycles. The highest BCUT2D eigenvalue weighted by atomic mass is 31.2. The van der Waals surface area contributed by atoms with Crippen LogP contribution >= 0.6 is 15.6 Å². The molecule has 0 saturated carbocycles. The molecular formula is C83H140O17P2. The van der Waals surface area contributed by atoms with E-state index in [4.69, 9.17) is 37.0 Å². The van der Waals surface area contributed by atoms with Gasteiger partial charge >= 0.3 is 39.5 Å². The molecule has 19 heteroatoms. The van der Waals surface area contributed by atoms with E-state index < -0.39 is 97.5 Å². The number of ether oxygens (including phenoxy) is 4. The summed E-state index contributed by atoms with van der Waals surface area (Å²) in [5, 5.41) is 10.6. The molecule has 2 unspecified atom stereocenters. The lowest BCUT2D eigenvalue weighted by atomic mass is 10.1. The summed E-state index contributed by atoms with van der Waals surface area (Å²) >= 11 is 0. The number of hydrogen-bond acceptors (Lipinski definition) is 15. The summed E-state index contributed by atoms with van der Waals surface area (Å²) in [5.41, 5.74) is 0. The molecule has 0 aromatic rings. The molecule has 0 aromatic carbocycles. The molecule has 0 bridgehead atoms. The Labute approximate surface area is 618 Å². The van der Waals surface area contributed by atoms with Gasteiger partial charge in [0.2, 0.25) is 0 Å². The lowest BCUT2D eigenvalue weighted by Gasteiger charge is -2.21. The van der Waals surface area contributed by atoms with Crippen LogP contribution in [0.4, 0.5) is 0 Å². The molecule has 0 aliphatic rings. The SMILES string of the molecule is CCCCC/C=C\C/C=C\C/C=C\C/C=C\CCCC(=O)OC[C@H](COP(=O)(O)OC[C@H](O)COP(=O)(O)OC[C@@H](COC(=O)CCCCCCC/C=C\CCCCCC)OC(=O)CCC/C=C\C/C=C\C/C=C\C/C=C\CCCCC)OC(=O)CCCCCCC/C=C\C=C/CCCCCC. The van der Waals surface area contributed by atoms with E-state index in [9.17, 15) is 43.2 Å². The number of aliphatic hydroxyl groups excluding tert-OH is 1. The van der Waals surface area contributed by atoms with E-state index in [0.717, 1.165) is 128 Å². The van der Waals surface area contributed by atoms with Gasteiger partial charge in [0, 0.05) is 25.7 Å². The Bertz CT molecular complexity index is 2460. The fourth-order valence-electron chi connectivity index (χ4n) is 10.0. The molecule has 3 N–H and O–H groups in total. The van der Waals surface area contributed by atoms with Crippen LogP contribution in [-0.4, -0.2) is 96.7 Å². The maximum atomic E-state index is 13.1. The van der Waals surface area contributed by atoms with Gasteiger partial charge in [0.1, 0.15) is 19.3 Å². The third-order valence-electron chi connectivity index (χ3n) is 16.1. The Morgan fingerprint density at radius 1 is 0.284 bits per heavy atom. The number of aliphatic hydroxyl groups is 1. The first-order valence-corrected chi connectivity index (χ1v) is 42.4. The molecule has 0 aliphatic carbocycles. The molecule has 5 atom stereocenters. The number of carbonyl (C=O) groups excluding carboxylic acids is 4. The van der Waals surface area contributed by atoms with Crippen LogP contribution in [0, 0.1) is 0 Å². The van der Waals surface area contributed by atoms with Gasteiger partial charge in [-0.25, -0.2) is 9.13 Å². The van der Waals surface area contributed by atoms with Gasteiger partial charge in [-0.15, -0.1) is 0 Å². The van der Waals surface area contributed by atoms with Crippen molar-refractivity contribution in [3.63, 3.8) is 0 Å². The average Bonchev–Trinajstić information content (AvgIpc) is 0.951. The Kier molecular flexibility index (Phi) is 71.0. The topological polar surface area (TPSA) is 237 Å². The van der Waals surface area contributed by atoms with Gasteiger partial charge < -0.3 is 33.8 Å². The number of phosphoric ester groups is 2. The van der Waals surface area contributed by atoms with E-state index in [1.54, 1.807) is 0 Å². The number of unbranched alkanes of at least 4 members (excludes halogenated alkanes) is 26. The Hall–Kier alpha value is -4.80. The maximum Gasteiger partial charge on any atom is 0.472 e. The zero-order valence-corrected chi connectivity index (χ0v) is 65.5. The van der Waals surface area contributed by atoms with Gasteiger partial charge in [0.15, 0.2) is 12.2 Å². The number of rotatable bonds is 73. The normalized spacial score (nSPS) is 14.6. The molecule has 0 rings (SSSR count). The predicted octanol–water partition coefficient (Wildman–Crippen LogP) is 22.9. The van der Waals surface area contributed by atoms with Gasteiger partial charge in [-0.1, -0.05) is 264 Å². The van der Waals surface area contributed by atoms with E-state index in [-0.39, 0.29) is 25.7 Å². The van der Waals surface area contributed by atoms with E-state index in [1.165, 1.54) is 89.9 Å². The van der Waals surface area contributed by atoms with E-state index in [2.05, 4.69) is 137 Å². The number of carbonyl (C=O) groups is 4. The lowest BCUT2D eigenvalue weighted by Crippen LogP contribution is -2.30. The second-order valence-corrected chi connectivity index (χ2v) is 28.9. The van der Waals surface area contributed by atoms with Crippen LogP contribution in [0.25, 0.3) is 0 Å². The molecule has 0 heterocycles. The molecule has 0 fully saturated rings. The molecule has 584 valence electrons. The van der Waals surface area contributed by atoms with Crippen LogP contribution in [0.3, 0.4) is 0 Å². The smallest absolute Gasteiger partial charge is 0.462 e. The van der Waals surface area contributed by atoms with Crippen LogP contribution in [0.15, 0.2) is 134 Å². The van der Waals surface area contributed by atoms with Crippen molar-refractivity contribution in [1.82, 2.24) is 0 Å². The van der Waals surface area contributed by atoms with Gasteiger partial charge in [-0.3, -0.25) is 37.3 Å². The van der Waals surface area contributed by atoms with Gasteiger partial charge in [-0.2, -0.15) is 0 Å². The number of allylic oxidation sites excluding steroid dienone is 22. The third kappa shape index (κ3) is 73.5. The highest BCUT2D eigenvalue weighted by Crippen LogP contribution is 2.45. The maximum absolute atomic E-state index is 13.1. The number of phosphoric acid groups is 2. The summed E-state index contributed by atoms with van der Waals surface area (Å²) < 4.78 is 68.4. The summed E-state index contributed by atoms with van der Waals surface area (Å²) in [6, 6.07) is 0. The first-order valence-electron chi connectivity index (χ1n) is 39.4. The van der Waals surface area contributed by atoms with Crippen molar-refractivity contribution in [1.29, 1.82) is 0 Å². The molecule has 0 radical (unpaired) electrons. The van der Waals surface area contributed by atoms with Gasteiger partial charge in [0.25, 0.3) is 0 Å². The second-order valence-electron chi connectivity index (χ2n) is 26.0. The number of hydrogen-bond donors (Lipinski definition) is 3. The Morgan fingerprint density at radius 2 is 0.520 bits per heavy atom. The highest BCUT2D eigenvalue weighted by Gasteiger charge is 2.30. The van der Waals surface area contributed by atoms with Crippen LogP contribution in [0.2, 0.25) is 0 Å². The van der Waals surface area contributed by atoms with E-state index in [1.807, 2.05) is 24.3 Å². The van der Waals surface area contributed by atoms with Crippen molar-refractivity contribution in [3.8, 4) is 0 Å². The van der Waals surface area contributed by atoms with E-state index in [0.29, 0.717) is 38.5 Å². The largest absolute Gasteiger partial charge is 0.472 e. The Morgan fingerprint density at radius 3 is 0.873 bits per heavy atom. The second kappa shape index (κ2) is 74.5. The zero-order chi connectivity index (χ0) is 74.6. The summed E-state index contributed by atoms with van der Waals surface area (Å²) in [4.78, 5) is 72.9. The first-order chi connectivity index (χ1) is 49.7. The molecule has 17 nitrogen and oxygen atoms in total. The highest BCUT2D eigenvalue weighted by molar-refractivity contribution is 7.47. The first kappa shape index (κ1) is 97.2. The van der Waals surface area contributed by atoms with Crippen LogP contribution in [0.5, 0.6) is 0 Å². The quantitative estimate of drug-likeness (QED) is 0.0128. The minimum Gasteiger partial charge on any atom is -0.462 e. The average molecular weight is 1470 g/mol. The fourth-order valence-corrected chi connectivity index (χ4v) is 11.6. The van der Waals surface area contributed by atoms with Crippen molar-refractivity contribution >= 4 is 39.5 Å². The zero-order valence-electron chi connectivity index (χ0n) is 63.7. The molecule has 102 heavy (non-hydrogen) atoms. The summed E-state index contributed by atoms with van der Waals surface area (Å²) in [7, 11) is -10.00. The van der Waals surface area contributed by atoms with Crippen LogP contribution < -0.4 is 0 Å². The lowest BCUT2D eigenvalue weighted by molar-refractivity contribution is -0.161. The van der Waals surface area contributed by atoms with Gasteiger partial charge in [0.05, 0.1) is 26.4 Å². The molecule has 0 spiro atoms. The van der Waals surface area contributed by atoms with Crippen molar-refractivity contribution in [2.45, 2.75) is 329 Å². The summed E-state index contributed by atoms with van der Waals surface area (Å²) in [6.45, 7) is 4.63. The molecular weight excluding hydrogens is 1330 g/mol. The monoisotopic (exact) mass is 1470 g/mol. The summed E-state index contributed by atoms with van der Waals surface area (Å²) in [5.74, 6) is -2.33. The van der Waals surface area contributed by atoms with Crippen molar-refractivity contribution < 1.29 is 80.2 Å². The van der Waals surface area contributed by atoms with Crippen molar-refractivity contribution in [3.05, 3.63) is 134 Å². The molecule has 0 aliphatic heterocycles. The van der Waals surface area contributed by atoms with Crippen LogP contribution in [-0.2, 0) is 65.4 Å². The Balaban J connectivity index is 5.48. The fraction of sp³-hybridized carbons (Fsp3) is 0.687. The van der Waals surface area contributed by atoms with Crippen molar-refractivity contribution in [2.24, 2.45) is 0 Å². The predicted molar refractivity (Wildman–Crippen MR) is 418 cm³/mol. The minimum absolute atomic E-state index is 0.0135. The standard InChI is InChI=1S/C83H140O17P2/c1-5-9-13-17-21-25-29-33-36-38-41-44-48-52-56-60-64-68-81(86)94-74-79(99-82(87)69-65-61-57-53-49-45-40-35-31-27-23-19-15-11-7-3)76-98-102(91,92)96-72-77(84)71-95-101(89,90)97-75-78(73-93-80(85)67-63-59-55-51-47-43-32-28-24-20-16-12-8-4)100-83(88)70-66-62-58-54-50-46-42-39-37-34-30-26-22-18-14-10-6-2/h21-22,25-28,31-37,40-42,44,46,52,54,56,58,77-79,84H,5-20,23-24,29-30,38-39,43,45,47-51,53,55,57,59-76H2,1-4H3,(H,89,90)(H,91,92)/b25-21-,26-22-,31-27-,32-28-,36-33-,37-34-,40-35-,44-41-,46-42-,56-52-,58-54-/t77-,78-,79-/m1/s1. The third-order valence-corrected chi connectivity index (χ3v) is 18.0. The van der Waals surface area contributed by atoms with Crippen LogP contribution in [0.1, 0.15) is 310 Å². The van der Waals surface area contributed by atoms with E-state index >= 15 is 0 Å². The van der Waals surface area contributed by atoms with Crippen molar-refractivity contribution in [2.75, 3.05) is 39.6 Å².